The third-order valence-electron chi connectivity index (χ3n) is 6.52. The van der Waals surface area contributed by atoms with Crippen molar-refractivity contribution in [2.24, 2.45) is 0 Å². The number of fused-ring (bicyclic) bond motifs is 3. The van der Waals surface area contributed by atoms with Crippen molar-refractivity contribution >= 4 is 27.4 Å². The average molecular weight is 443 g/mol. The van der Waals surface area contributed by atoms with Gasteiger partial charge in [0.1, 0.15) is 10.6 Å². The van der Waals surface area contributed by atoms with E-state index in [0.29, 0.717) is 0 Å². The molecule has 0 bridgehead atoms. The molecular weight excluding hydrogens is 416 g/mol. The fourth-order valence-corrected chi connectivity index (χ4v) is 6.09. The van der Waals surface area contributed by atoms with Crippen molar-refractivity contribution in [2.45, 2.75) is 32.2 Å². The number of rotatable bonds is 4. The van der Waals surface area contributed by atoms with Crippen LogP contribution >= 0.6 is 11.3 Å². The SMILES string of the molecule is c1ccc(CN2CCN(c3nc(-c4ccncc4)nc4sc5c(c34)CCCC5)CC2)nc1. The number of aryl methyl sites for hydroxylation is 2. The van der Waals surface area contributed by atoms with Gasteiger partial charge in [-0.25, -0.2) is 9.97 Å². The zero-order valence-electron chi connectivity index (χ0n) is 18.1. The lowest BCUT2D eigenvalue weighted by atomic mass is 9.96. The first-order chi connectivity index (χ1) is 15.8. The maximum atomic E-state index is 5.15. The number of hydrogen-bond donors (Lipinski definition) is 0. The van der Waals surface area contributed by atoms with Crippen molar-refractivity contribution in [2.75, 3.05) is 31.1 Å². The van der Waals surface area contributed by atoms with Crippen molar-refractivity contribution in [3.63, 3.8) is 0 Å². The number of piperazine rings is 1. The summed E-state index contributed by atoms with van der Waals surface area (Å²) >= 11 is 1.88. The predicted molar refractivity (Wildman–Crippen MR) is 129 cm³/mol. The Morgan fingerprint density at radius 1 is 0.875 bits per heavy atom. The normalized spacial score (nSPS) is 16.9. The zero-order chi connectivity index (χ0) is 21.3. The highest BCUT2D eigenvalue weighted by molar-refractivity contribution is 7.19. The van der Waals surface area contributed by atoms with Gasteiger partial charge < -0.3 is 4.90 Å². The van der Waals surface area contributed by atoms with E-state index in [2.05, 4.69) is 31.9 Å². The summed E-state index contributed by atoms with van der Waals surface area (Å²) in [4.78, 5) is 26.4. The summed E-state index contributed by atoms with van der Waals surface area (Å²) in [5.74, 6) is 1.93. The van der Waals surface area contributed by atoms with Crippen LogP contribution in [0.2, 0.25) is 0 Å². The van der Waals surface area contributed by atoms with Gasteiger partial charge in [0, 0.05) is 61.8 Å². The van der Waals surface area contributed by atoms with Gasteiger partial charge in [-0.1, -0.05) is 6.07 Å². The highest BCUT2D eigenvalue weighted by Gasteiger charge is 2.26. The lowest BCUT2D eigenvalue weighted by Gasteiger charge is -2.35. The summed E-state index contributed by atoms with van der Waals surface area (Å²) in [6.45, 7) is 4.88. The van der Waals surface area contributed by atoms with Crippen molar-refractivity contribution in [1.82, 2.24) is 24.8 Å². The Morgan fingerprint density at radius 2 is 1.72 bits per heavy atom. The molecule has 1 aliphatic heterocycles. The maximum absolute atomic E-state index is 5.15. The number of aromatic nitrogens is 4. The summed E-state index contributed by atoms with van der Waals surface area (Å²) in [6, 6.07) is 10.2. The molecule has 6 nitrogen and oxygen atoms in total. The van der Waals surface area contributed by atoms with Crippen LogP contribution < -0.4 is 4.90 Å². The van der Waals surface area contributed by atoms with Crippen LogP contribution in [0.15, 0.2) is 48.9 Å². The van der Waals surface area contributed by atoms with Crippen molar-refractivity contribution < 1.29 is 0 Å². The maximum Gasteiger partial charge on any atom is 0.163 e. The van der Waals surface area contributed by atoms with Crippen molar-refractivity contribution in [3.05, 3.63) is 65.1 Å². The van der Waals surface area contributed by atoms with E-state index < -0.39 is 0 Å². The molecule has 7 heteroatoms. The fourth-order valence-electron chi connectivity index (χ4n) is 4.84. The smallest absolute Gasteiger partial charge is 0.163 e. The van der Waals surface area contributed by atoms with E-state index in [1.54, 1.807) is 0 Å². The molecule has 0 atom stereocenters. The van der Waals surface area contributed by atoms with E-state index >= 15 is 0 Å². The number of anilines is 1. The van der Waals surface area contributed by atoms with Crippen LogP contribution in [0.5, 0.6) is 0 Å². The molecule has 1 aliphatic carbocycles. The molecule has 1 fully saturated rings. The van der Waals surface area contributed by atoms with Crippen LogP contribution in [-0.4, -0.2) is 51.0 Å². The molecule has 1 saturated heterocycles. The molecule has 4 aromatic heterocycles. The van der Waals surface area contributed by atoms with E-state index in [0.717, 1.165) is 66.9 Å². The molecule has 4 aromatic rings. The average Bonchev–Trinajstić information content (AvgIpc) is 3.24. The molecule has 5 heterocycles. The second-order valence-corrected chi connectivity index (χ2v) is 9.67. The third-order valence-corrected chi connectivity index (χ3v) is 7.70. The Balaban J connectivity index is 1.34. The molecule has 6 rings (SSSR count). The molecule has 2 aliphatic rings. The number of nitrogens with zero attached hydrogens (tertiary/aromatic N) is 6. The van der Waals surface area contributed by atoms with Gasteiger partial charge >= 0.3 is 0 Å². The Bertz CT molecular complexity index is 1220. The van der Waals surface area contributed by atoms with Crippen LogP contribution in [0.3, 0.4) is 0 Å². The van der Waals surface area contributed by atoms with Gasteiger partial charge in [-0.05, 0) is 55.5 Å². The minimum Gasteiger partial charge on any atom is -0.353 e. The Labute approximate surface area is 192 Å². The second kappa shape index (κ2) is 8.56. The lowest BCUT2D eigenvalue weighted by Crippen LogP contribution is -2.46. The topological polar surface area (TPSA) is 58.0 Å². The minimum absolute atomic E-state index is 0.810. The summed E-state index contributed by atoms with van der Waals surface area (Å²) in [5.41, 5.74) is 3.67. The van der Waals surface area contributed by atoms with E-state index in [1.165, 1.54) is 35.1 Å². The standard InChI is InChI=1S/C25H26N6S/c1-2-7-21-20(6-1)22-24(28-23(29-25(22)32-21)18-8-11-26-12-9-18)31-15-13-30(14-16-31)17-19-5-3-4-10-27-19/h3-5,8-12H,1-2,6-7,13-17H2. The quantitative estimate of drug-likeness (QED) is 0.468. The molecule has 32 heavy (non-hydrogen) atoms. The highest BCUT2D eigenvalue weighted by Crippen LogP contribution is 2.41. The first-order valence-corrected chi connectivity index (χ1v) is 12.3. The zero-order valence-corrected chi connectivity index (χ0v) is 18.9. The fraction of sp³-hybridized carbons (Fsp3) is 0.360. The van der Waals surface area contributed by atoms with Gasteiger partial charge in [0.15, 0.2) is 5.82 Å². The first-order valence-electron chi connectivity index (χ1n) is 11.4. The Morgan fingerprint density at radius 3 is 2.53 bits per heavy atom. The summed E-state index contributed by atoms with van der Waals surface area (Å²) < 4.78 is 0. The number of pyridine rings is 2. The summed E-state index contributed by atoms with van der Waals surface area (Å²) in [7, 11) is 0. The van der Waals surface area contributed by atoms with Crippen LogP contribution in [0.1, 0.15) is 29.0 Å². The number of thiophene rings is 1. The van der Waals surface area contributed by atoms with Crippen molar-refractivity contribution in [1.29, 1.82) is 0 Å². The second-order valence-electron chi connectivity index (χ2n) is 8.58. The largest absolute Gasteiger partial charge is 0.353 e. The van der Waals surface area contributed by atoms with Crippen LogP contribution in [0, 0.1) is 0 Å². The van der Waals surface area contributed by atoms with Gasteiger partial charge in [-0.3, -0.25) is 14.9 Å². The van der Waals surface area contributed by atoms with E-state index in [9.17, 15) is 0 Å². The molecule has 0 aromatic carbocycles. The number of hydrogen-bond acceptors (Lipinski definition) is 7. The van der Waals surface area contributed by atoms with E-state index in [4.69, 9.17) is 9.97 Å². The molecule has 0 saturated carbocycles. The lowest BCUT2D eigenvalue weighted by molar-refractivity contribution is 0.247. The molecule has 0 spiro atoms. The van der Waals surface area contributed by atoms with Crippen molar-refractivity contribution in [3.8, 4) is 11.4 Å². The van der Waals surface area contributed by atoms with Gasteiger partial charge in [0.2, 0.25) is 0 Å². The molecular formula is C25H26N6S. The van der Waals surface area contributed by atoms with E-state index in [-0.39, 0.29) is 0 Å². The molecule has 162 valence electrons. The Hall–Kier alpha value is -2.90. The first kappa shape index (κ1) is 19.8. The molecule has 0 N–H and O–H groups in total. The predicted octanol–water partition coefficient (Wildman–Crippen LogP) is 4.35. The molecule has 0 amide bonds. The molecule has 0 radical (unpaired) electrons. The van der Waals surface area contributed by atoms with Gasteiger partial charge in [-0.2, -0.15) is 0 Å². The minimum atomic E-state index is 0.810. The third kappa shape index (κ3) is 3.76. The van der Waals surface area contributed by atoms with Gasteiger partial charge in [0.05, 0.1) is 11.1 Å². The highest BCUT2D eigenvalue weighted by atomic mass is 32.1. The summed E-state index contributed by atoms with van der Waals surface area (Å²) in [6.07, 6.45) is 10.4. The van der Waals surface area contributed by atoms with Gasteiger partial charge in [-0.15, -0.1) is 11.3 Å². The van der Waals surface area contributed by atoms with Crippen LogP contribution in [-0.2, 0) is 19.4 Å². The van der Waals surface area contributed by atoms with Crippen LogP contribution in [0.25, 0.3) is 21.6 Å². The Kier molecular flexibility index (Phi) is 5.29. The van der Waals surface area contributed by atoms with E-state index in [1.807, 2.05) is 48.1 Å². The molecule has 0 unspecified atom stereocenters. The summed E-state index contributed by atoms with van der Waals surface area (Å²) in [5, 5.41) is 1.31. The monoisotopic (exact) mass is 442 g/mol. The van der Waals surface area contributed by atoms with Gasteiger partial charge in [0.25, 0.3) is 0 Å². The van der Waals surface area contributed by atoms with Crippen LogP contribution in [0.4, 0.5) is 5.82 Å².